The van der Waals surface area contributed by atoms with Crippen molar-refractivity contribution in [1.29, 1.82) is 0 Å². The van der Waals surface area contributed by atoms with E-state index in [-0.39, 0.29) is 17.2 Å². The number of H-pyrrole nitrogens is 1. The molecule has 1 aromatic heterocycles. The summed E-state index contributed by atoms with van der Waals surface area (Å²) in [4.78, 5) is 25.2. The second-order valence-electron chi connectivity index (χ2n) is 5.10. The molecule has 0 radical (unpaired) electrons. The van der Waals surface area contributed by atoms with Crippen LogP contribution in [0.2, 0.25) is 0 Å². The van der Waals surface area contributed by atoms with Crippen molar-refractivity contribution in [3.63, 3.8) is 0 Å². The highest BCUT2D eigenvalue weighted by molar-refractivity contribution is 5.92. The normalized spacial score (nSPS) is 12.7. The van der Waals surface area contributed by atoms with Crippen LogP contribution in [0.4, 0.5) is 0 Å². The molecule has 1 aliphatic heterocycles. The number of nitrogens with zero attached hydrogens (tertiary/aromatic N) is 2. The van der Waals surface area contributed by atoms with Gasteiger partial charge in [-0.15, -0.1) is 0 Å². The van der Waals surface area contributed by atoms with Crippen LogP contribution < -0.4 is 15.0 Å². The molecule has 7 heteroatoms. The van der Waals surface area contributed by atoms with Gasteiger partial charge in [-0.1, -0.05) is 6.07 Å². The summed E-state index contributed by atoms with van der Waals surface area (Å²) in [6.07, 6.45) is 0. The van der Waals surface area contributed by atoms with Gasteiger partial charge in [-0.05, 0) is 30.7 Å². The number of carbonyl (C=O) groups excluding carboxylic acids is 1. The molecule has 1 aliphatic rings. The molecule has 2 heterocycles. The Morgan fingerprint density at radius 2 is 2.00 bits per heavy atom. The third kappa shape index (κ3) is 3.33. The van der Waals surface area contributed by atoms with Crippen molar-refractivity contribution in [2.24, 2.45) is 0 Å². The smallest absolute Gasteiger partial charge is 0.274 e. The average Bonchev–Trinajstić information content (AvgIpc) is 2.59. The maximum Gasteiger partial charge on any atom is 0.274 e. The Kier molecular flexibility index (Phi) is 4.27. The van der Waals surface area contributed by atoms with E-state index < -0.39 is 0 Å². The number of hydrogen-bond donors (Lipinski definition) is 1. The van der Waals surface area contributed by atoms with Gasteiger partial charge in [0.1, 0.15) is 18.9 Å². The minimum atomic E-state index is -0.337. The Morgan fingerprint density at radius 3 is 2.70 bits per heavy atom. The molecule has 0 saturated carbocycles. The molecule has 1 aromatic carbocycles. The number of fused-ring (bicyclic) bond motifs is 1. The van der Waals surface area contributed by atoms with Crippen molar-refractivity contribution in [1.82, 2.24) is 15.1 Å². The molecule has 0 fully saturated rings. The number of rotatable bonds is 4. The molecular formula is C16H17N3O4. The monoisotopic (exact) mass is 315 g/mol. The van der Waals surface area contributed by atoms with Crippen LogP contribution in [0.5, 0.6) is 11.5 Å². The number of nitrogens with one attached hydrogen (secondary N) is 1. The molecule has 23 heavy (non-hydrogen) atoms. The minimum absolute atomic E-state index is 0.212. The second kappa shape index (κ2) is 6.51. The first-order valence-corrected chi connectivity index (χ1v) is 7.41. The number of ether oxygens (including phenoxy) is 2. The highest BCUT2D eigenvalue weighted by Crippen LogP contribution is 2.31. The summed E-state index contributed by atoms with van der Waals surface area (Å²) in [6, 6.07) is 8.35. The summed E-state index contributed by atoms with van der Waals surface area (Å²) >= 11 is 0. The van der Waals surface area contributed by atoms with Gasteiger partial charge in [0, 0.05) is 19.2 Å². The maximum absolute atomic E-state index is 12.5. The van der Waals surface area contributed by atoms with Crippen LogP contribution in [0.25, 0.3) is 0 Å². The number of benzene rings is 1. The van der Waals surface area contributed by atoms with Crippen molar-refractivity contribution in [2.45, 2.75) is 13.5 Å². The van der Waals surface area contributed by atoms with Gasteiger partial charge < -0.3 is 14.4 Å². The predicted octanol–water partition coefficient (Wildman–Crippen LogP) is 1.20. The lowest BCUT2D eigenvalue weighted by atomic mass is 10.1. The SMILES string of the molecule is CCN(Cc1ccc2c(c1)OCCO2)C(=O)c1ccc(=O)[nH]n1. The molecule has 3 rings (SSSR count). The van der Waals surface area contributed by atoms with Crippen LogP contribution in [-0.4, -0.2) is 40.8 Å². The summed E-state index contributed by atoms with van der Waals surface area (Å²) < 4.78 is 11.0. The van der Waals surface area contributed by atoms with Crippen molar-refractivity contribution < 1.29 is 14.3 Å². The quantitative estimate of drug-likeness (QED) is 0.916. The number of aromatic nitrogens is 2. The Balaban J connectivity index is 1.77. The molecular weight excluding hydrogens is 298 g/mol. The number of carbonyl (C=O) groups is 1. The first-order chi connectivity index (χ1) is 11.2. The zero-order valence-corrected chi connectivity index (χ0v) is 12.7. The van der Waals surface area contributed by atoms with E-state index in [9.17, 15) is 9.59 Å². The Bertz CT molecular complexity index is 752. The van der Waals surface area contributed by atoms with Gasteiger partial charge in [0.25, 0.3) is 11.5 Å². The molecule has 0 spiro atoms. The first-order valence-electron chi connectivity index (χ1n) is 7.41. The topological polar surface area (TPSA) is 84.5 Å². The summed E-state index contributed by atoms with van der Waals surface area (Å²) in [7, 11) is 0. The zero-order chi connectivity index (χ0) is 16.2. The molecule has 7 nitrogen and oxygen atoms in total. The molecule has 0 atom stereocenters. The third-order valence-corrected chi connectivity index (χ3v) is 3.55. The van der Waals surface area contributed by atoms with Crippen LogP contribution >= 0.6 is 0 Å². The van der Waals surface area contributed by atoms with Gasteiger partial charge in [0.05, 0.1) is 0 Å². The van der Waals surface area contributed by atoms with E-state index in [1.807, 2.05) is 25.1 Å². The molecule has 2 aromatic rings. The summed E-state index contributed by atoms with van der Waals surface area (Å²) in [5.41, 5.74) is 0.814. The van der Waals surface area contributed by atoms with Gasteiger partial charge >= 0.3 is 0 Å². The van der Waals surface area contributed by atoms with Crippen molar-refractivity contribution in [3.8, 4) is 11.5 Å². The number of amides is 1. The standard InChI is InChI=1S/C16H17N3O4/c1-2-19(16(21)12-4-6-15(20)18-17-12)10-11-3-5-13-14(9-11)23-8-7-22-13/h3-6,9H,2,7-8,10H2,1H3,(H,18,20). The van der Waals surface area contributed by atoms with E-state index in [2.05, 4.69) is 10.2 Å². The lowest BCUT2D eigenvalue weighted by Crippen LogP contribution is -2.31. The molecule has 0 saturated heterocycles. The van der Waals surface area contributed by atoms with E-state index >= 15 is 0 Å². The highest BCUT2D eigenvalue weighted by atomic mass is 16.6. The average molecular weight is 315 g/mol. The maximum atomic E-state index is 12.5. The number of aromatic amines is 1. The van der Waals surface area contributed by atoms with Crippen LogP contribution in [0.3, 0.4) is 0 Å². The summed E-state index contributed by atoms with van der Waals surface area (Å²) in [6.45, 7) is 3.90. The van der Waals surface area contributed by atoms with Crippen LogP contribution in [0, 0.1) is 0 Å². The van der Waals surface area contributed by atoms with E-state index in [4.69, 9.17) is 9.47 Å². The fourth-order valence-electron chi connectivity index (χ4n) is 2.36. The largest absolute Gasteiger partial charge is 0.486 e. The van der Waals surface area contributed by atoms with Gasteiger partial charge in [0.15, 0.2) is 11.5 Å². The third-order valence-electron chi connectivity index (χ3n) is 3.55. The van der Waals surface area contributed by atoms with Crippen molar-refractivity contribution in [2.75, 3.05) is 19.8 Å². The Morgan fingerprint density at radius 1 is 1.22 bits per heavy atom. The molecule has 1 amide bonds. The van der Waals surface area contributed by atoms with E-state index in [1.54, 1.807) is 4.90 Å². The lowest BCUT2D eigenvalue weighted by Gasteiger charge is -2.22. The van der Waals surface area contributed by atoms with E-state index in [0.29, 0.717) is 32.1 Å². The van der Waals surface area contributed by atoms with Gasteiger partial charge in [0.2, 0.25) is 0 Å². The van der Waals surface area contributed by atoms with Crippen molar-refractivity contribution >= 4 is 5.91 Å². The van der Waals surface area contributed by atoms with Gasteiger partial charge in [-0.25, -0.2) is 5.10 Å². The van der Waals surface area contributed by atoms with Crippen molar-refractivity contribution in [3.05, 3.63) is 51.9 Å². The Labute approximate surface area is 132 Å². The molecule has 1 N–H and O–H groups in total. The molecule has 0 aliphatic carbocycles. The molecule has 120 valence electrons. The summed E-state index contributed by atoms with van der Waals surface area (Å²) in [5.74, 6) is 1.18. The summed E-state index contributed by atoms with van der Waals surface area (Å²) in [5, 5.41) is 6.06. The second-order valence-corrected chi connectivity index (χ2v) is 5.10. The van der Waals surface area contributed by atoms with E-state index in [0.717, 1.165) is 11.3 Å². The minimum Gasteiger partial charge on any atom is -0.486 e. The molecule has 0 bridgehead atoms. The molecule has 0 unspecified atom stereocenters. The fraction of sp³-hybridized carbons (Fsp3) is 0.312. The predicted molar refractivity (Wildman–Crippen MR) is 82.7 cm³/mol. The highest BCUT2D eigenvalue weighted by Gasteiger charge is 2.18. The van der Waals surface area contributed by atoms with Crippen LogP contribution in [-0.2, 0) is 6.54 Å². The van der Waals surface area contributed by atoms with E-state index in [1.165, 1.54) is 12.1 Å². The zero-order valence-electron chi connectivity index (χ0n) is 12.7. The van der Waals surface area contributed by atoms with Gasteiger partial charge in [-0.2, -0.15) is 5.10 Å². The Hall–Kier alpha value is -2.83. The lowest BCUT2D eigenvalue weighted by molar-refractivity contribution is 0.0745. The van der Waals surface area contributed by atoms with Crippen LogP contribution in [0.1, 0.15) is 23.0 Å². The van der Waals surface area contributed by atoms with Crippen LogP contribution in [0.15, 0.2) is 35.1 Å². The number of hydrogen-bond acceptors (Lipinski definition) is 5. The first kappa shape index (κ1) is 15.1. The fourth-order valence-corrected chi connectivity index (χ4v) is 2.36. The van der Waals surface area contributed by atoms with Gasteiger partial charge in [-0.3, -0.25) is 9.59 Å².